The molecule has 0 aliphatic carbocycles. The molecule has 0 atom stereocenters. The van der Waals surface area contributed by atoms with Crippen molar-refractivity contribution in [1.29, 1.82) is 0 Å². The van der Waals surface area contributed by atoms with Crippen LogP contribution in [0.2, 0.25) is 0 Å². The van der Waals surface area contributed by atoms with Crippen LogP contribution in [0.1, 0.15) is 5.69 Å². The molecule has 0 saturated heterocycles. The Morgan fingerprint density at radius 1 is 1.48 bits per heavy atom. The summed E-state index contributed by atoms with van der Waals surface area (Å²) in [6.45, 7) is 1.84. The minimum absolute atomic E-state index is 0.0116. The summed E-state index contributed by atoms with van der Waals surface area (Å²) in [7, 11) is 1.74. The minimum atomic E-state index is -0.447. The van der Waals surface area contributed by atoms with Crippen molar-refractivity contribution in [3.63, 3.8) is 0 Å². The molecule has 2 aromatic rings. The first-order valence-corrected chi connectivity index (χ1v) is 6.90. The molecule has 1 aromatic carbocycles. The maximum atomic E-state index is 13.3. The van der Waals surface area contributed by atoms with Crippen LogP contribution in [-0.2, 0) is 11.8 Å². The molecule has 23 heavy (non-hydrogen) atoms. The van der Waals surface area contributed by atoms with Crippen LogP contribution < -0.4 is 15.4 Å². The summed E-state index contributed by atoms with van der Waals surface area (Å²) < 4.78 is 20.1. The molecule has 1 amide bonds. The predicted octanol–water partition coefficient (Wildman–Crippen LogP) is 1.93. The lowest BCUT2D eigenvalue weighted by atomic mass is 10.2. The number of aromatic nitrogens is 2. The van der Waals surface area contributed by atoms with Crippen LogP contribution in [0, 0.1) is 25.1 Å². The van der Waals surface area contributed by atoms with Crippen LogP contribution in [0.25, 0.3) is 0 Å². The number of rotatable bonds is 6. The molecule has 0 saturated carbocycles. The number of aryl methyl sites for hydroxylation is 2. The highest BCUT2D eigenvalue weighted by Gasteiger charge is 2.10. The molecule has 2 N–H and O–H groups in total. The van der Waals surface area contributed by atoms with Crippen LogP contribution in [0.5, 0.6) is 5.75 Å². The molecule has 7 heteroatoms. The number of hydrogen-bond donors (Lipinski definition) is 2. The summed E-state index contributed by atoms with van der Waals surface area (Å²) in [5, 5.41) is 9.76. The summed E-state index contributed by atoms with van der Waals surface area (Å²) in [4.78, 5) is 12.0. The fourth-order valence-electron chi connectivity index (χ4n) is 1.97. The molecular weight excluding hydrogens is 299 g/mol. The molecular formula is C16H17FN4O2. The first-order chi connectivity index (χ1) is 11.0. The Kier molecular flexibility index (Phi) is 5.20. The monoisotopic (exact) mass is 316 g/mol. The Hall–Kier alpha value is -3.01. The molecule has 120 valence electrons. The molecule has 1 heterocycles. The van der Waals surface area contributed by atoms with Crippen LogP contribution in [0.4, 0.5) is 15.9 Å². The van der Waals surface area contributed by atoms with Gasteiger partial charge in [-0.2, -0.15) is 5.10 Å². The van der Waals surface area contributed by atoms with Crippen molar-refractivity contribution in [3.05, 3.63) is 35.8 Å². The molecule has 0 fully saturated rings. The first kappa shape index (κ1) is 16.4. The van der Waals surface area contributed by atoms with E-state index < -0.39 is 5.82 Å². The van der Waals surface area contributed by atoms with E-state index in [4.69, 9.17) is 11.2 Å². The van der Waals surface area contributed by atoms with Crippen molar-refractivity contribution in [2.75, 3.05) is 23.8 Å². The Labute approximate surface area is 133 Å². The smallest absolute Gasteiger partial charge is 0.244 e. The number of halogens is 1. The SMILES string of the molecule is C#CCOc1cc(F)ccc1NCC(=O)Nc1cc(C)nn1C. The largest absolute Gasteiger partial charge is 0.479 e. The maximum Gasteiger partial charge on any atom is 0.244 e. The van der Waals surface area contributed by atoms with Gasteiger partial charge in [0.2, 0.25) is 5.91 Å². The van der Waals surface area contributed by atoms with Gasteiger partial charge in [0.05, 0.1) is 17.9 Å². The van der Waals surface area contributed by atoms with Gasteiger partial charge in [-0.25, -0.2) is 4.39 Å². The minimum Gasteiger partial charge on any atom is -0.479 e. The number of ether oxygens (including phenoxy) is 1. The van der Waals surface area contributed by atoms with Gasteiger partial charge in [0.1, 0.15) is 24.0 Å². The standard InChI is InChI=1S/C16H17FN4O2/c1-4-7-23-14-9-12(17)5-6-13(14)18-10-16(22)19-15-8-11(2)20-21(15)3/h1,5-6,8-9,18H,7,10H2,2-3H3,(H,19,22). The number of carbonyl (C=O) groups is 1. The topological polar surface area (TPSA) is 68.2 Å². The summed E-state index contributed by atoms with van der Waals surface area (Å²) >= 11 is 0. The molecule has 0 aliphatic heterocycles. The van der Waals surface area contributed by atoms with Crippen molar-refractivity contribution in [1.82, 2.24) is 9.78 Å². The second-order valence-electron chi connectivity index (χ2n) is 4.83. The molecule has 1 aromatic heterocycles. The number of hydrogen-bond acceptors (Lipinski definition) is 4. The van der Waals surface area contributed by atoms with E-state index in [0.717, 1.165) is 5.69 Å². The molecule has 0 unspecified atom stereocenters. The Morgan fingerprint density at radius 3 is 2.91 bits per heavy atom. The van der Waals surface area contributed by atoms with Gasteiger partial charge in [-0.15, -0.1) is 6.42 Å². The summed E-state index contributed by atoms with van der Waals surface area (Å²) in [5.74, 6) is 2.45. The maximum absolute atomic E-state index is 13.3. The van der Waals surface area contributed by atoms with Crippen molar-refractivity contribution in [3.8, 4) is 18.1 Å². The molecule has 0 aliphatic rings. The second-order valence-corrected chi connectivity index (χ2v) is 4.83. The lowest BCUT2D eigenvalue weighted by Gasteiger charge is -2.12. The van der Waals surface area contributed by atoms with Gasteiger partial charge >= 0.3 is 0 Å². The van der Waals surface area contributed by atoms with Crippen LogP contribution in [-0.4, -0.2) is 28.8 Å². The number of nitrogens with one attached hydrogen (secondary N) is 2. The van der Waals surface area contributed by atoms with Gasteiger partial charge in [-0.05, 0) is 19.1 Å². The lowest BCUT2D eigenvalue weighted by molar-refractivity contribution is -0.114. The summed E-state index contributed by atoms with van der Waals surface area (Å²) in [6.07, 6.45) is 5.13. The average Bonchev–Trinajstić information content (AvgIpc) is 2.81. The number of terminal acetylenes is 1. The van der Waals surface area contributed by atoms with Gasteiger partial charge in [-0.3, -0.25) is 9.48 Å². The van der Waals surface area contributed by atoms with E-state index in [0.29, 0.717) is 11.5 Å². The van der Waals surface area contributed by atoms with Crippen molar-refractivity contribution in [2.45, 2.75) is 6.92 Å². The fourth-order valence-corrected chi connectivity index (χ4v) is 1.97. The Balaban J connectivity index is 1.98. The van der Waals surface area contributed by atoms with Crippen molar-refractivity contribution < 1.29 is 13.9 Å². The third-order valence-corrected chi connectivity index (χ3v) is 2.96. The van der Waals surface area contributed by atoms with E-state index in [1.54, 1.807) is 17.8 Å². The third kappa shape index (κ3) is 4.48. The van der Waals surface area contributed by atoms with Crippen molar-refractivity contribution in [2.24, 2.45) is 7.05 Å². The highest BCUT2D eigenvalue weighted by Crippen LogP contribution is 2.25. The van der Waals surface area contributed by atoms with Crippen LogP contribution in [0.3, 0.4) is 0 Å². The average molecular weight is 316 g/mol. The van der Waals surface area contributed by atoms with E-state index in [1.807, 2.05) is 6.92 Å². The third-order valence-electron chi connectivity index (χ3n) is 2.96. The van der Waals surface area contributed by atoms with Gasteiger partial charge in [0, 0.05) is 19.2 Å². The van der Waals surface area contributed by atoms with E-state index in [-0.39, 0.29) is 24.8 Å². The number of benzene rings is 1. The number of carbonyl (C=O) groups excluding carboxylic acids is 1. The quantitative estimate of drug-likeness (QED) is 0.799. The van der Waals surface area contributed by atoms with Crippen molar-refractivity contribution >= 4 is 17.4 Å². The second kappa shape index (κ2) is 7.31. The zero-order chi connectivity index (χ0) is 16.8. The Bertz CT molecular complexity index is 749. The fraction of sp³-hybridized carbons (Fsp3) is 0.250. The van der Waals surface area contributed by atoms with E-state index >= 15 is 0 Å². The van der Waals surface area contributed by atoms with Crippen LogP contribution >= 0.6 is 0 Å². The summed E-state index contributed by atoms with van der Waals surface area (Å²) in [6, 6.07) is 5.73. The van der Waals surface area contributed by atoms with E-state index in [9.17, 15) is 9.18 Å². The molecule has 0 spiro atoms. The number of nitrogens with zero attached hydrogens (tertiary/aromatic N) is 2. The first-order valence-electron chi connectivity index (χ1n) is 6.90. The molecule has 2 rings (SSSR count). The number of anilines is 2. The van der Waals surface area contributed by atoms with Gasteiger partial charge in [0.15, 0.2) is 0 Å². The van der Waals surface area contributed by atoms with Crippen LogP contribution in [0.15, 0.2) is 24.3 Å². The molecule has 6 nitrogen and oxygen atoms in total. The molecule has 0 radical (unpaired) electrons. The zero-order valence-electron chi connectivity index (χ0n) is 12.9. The van der Waals surface area contributed by atoms with E-state index in [2.05, 4.69) is 21.7 Å². The van der Waals surface area contributed by atoms with Gasteiger partial charge in [0.25, 0.3) is 0 Å². The molecule has 0 bridgehead atoms. The predicted molar refractivity (Wildman–Crippen MR) is 85.8 cm³/mol. The van der Waals surface area contributed by atoms with Gasteiger partial charge in [-0.1, -0.05) is 5.92 Å². The lowest BCUT2D eigenvalue weighted by Crippen LogP contribution is -2.23. The highest BCUT2D eigenvalue weighted by molar-refractivity contribution is 5.93. The zero-order valence-corrected chi connectivity index (χ0v) is 12.9. The highest BCUT2D eigenvalue weighted by atomic mass is 19.1. The normalized spacial score (nSPS) is 10.0. The van der Waals surface area contributed by atoms with Gasteiger partial charge < -0.3 is 15.4 Å². The Morgan fingerprint density at radius 2 is 2.26 bits per heavy atom. The summed E-state index contributed by atoms with van der Waals surface area (Å²) in [5.41, 5.74) is 1.29. The number of amides is 1. The van der Waals surface area contributed by atoms with E-state index in [1.165, 1.54) is 18.2 Å².